The summed E-state index contributed by atoms with van der Waals surface area (Å²) in [5.74, 6) is -2.89. The molecule has 5 amide bonds. The summed E-state index contributed by atoms with van der Waals surface area (Å²) in [6, 6.07) is 12.2. The normalized spacial score (nSPS) is 13.2. The number of fused-ring (bicyclic) bond motifs is 1. The zero-order chi connectivity index (χ0) is 34.0. The molecule has 3 atom stereocenters. The zero-order valence-corrected chi connectivity index (χ0v) is 26.6. The van der Waals surface area contributed by atoms with Crippen LogP contribution in [0, 0.1) is 17.2 Å². The Morgan fingerprint density at radius 1 is 0.891 bits per heavy atom. The van der Waals surface area contributed by atoms with Gasteiger partial charge in [0.15, 0.2) is 0 Å². The summed E-state index contributed by atoms with van der Waals surface area (Å²) in [6.45, 7) is 8.63. The van der Waals surface area contributed by atoms with Crippen molar-refractivity contribution in [1.82, 2.24) is 20.9 Å². The number of H-pyrrole nitrogens is 1. The Hall–Kier alpha value is -5.38. The van der Waals surface area contributed by atoms with Crippen molar-refractivity contribution in [3.8, 4) is 6.07 Å². The number of benzene rings is 2. The summed E-state index contributed by atoms with van der Waals surface area (Å²) in [5.41, 5.74) is 6.96. The minimum Gasteiger partial charge on any atom is -0.444 e. The molecular formula is C33H41N7O6. The van der Waals surface area contributed by atoms with Gasteiger partial charge in [-0.15, -0.1) is 0 Å². The Kier molecular flexibility index (Phi) is 11.9. The first kappa shape index (κ1) is 35.1. The summed E-state index contributed by atoms with van der Waals surface area (Å²) in [6.07, 6.45) is 0.604. The highest BCUT2D eigenvalue weighted by atomic mass is 16.6. The van der Waals surface area contributed by atoms with Gasteiger partial charge in [-0.1, -0.05) is 32.0 Å². The Labute approximate surface area is 267 Å². The number of para-hydroxylation sites is 1. The van der Waals surface area contributed by atoms with Crippen LogP contribution >= 0.6 is 0 Å². The lowest BCUT2D eigenvalue weighted by molar-refractivity contribution is -0.132. The first-order chi connectivity index (χ1) is 21.6. The van der Waals surface area contributed by atoms with Crippen molar-refractivity contribution >= 4 is 46.3 Å². The third-order valence-electron chi connectivity index (χ3n) is 6.77. The van der Waals surface area contributed by atoms with E-state index in [1.165, 1.54) is 0 Å². The van der Waals surface area contributed by atoms with Crippen molar-refractivity contribution in [1.29, 1.82) is 5.26 Å². The molecule has 0 saturated heterocycles. The molecule has 0 aliphatic heterocycles. The average molecular weight is 632 g/mol. The fourth-order valence-corrected chi connectivity index (χ4v) is 4.69. The quantitative estimate of drug-likeness (QED) is 0.166. The highest BCUT2D eigenvalue weighted by molar-refractivity contribution is 6.00. The monoisotopic (exact) mass is 631 g/mol. The van der Waals surface area contributed by atoms with Crippen LogP contribution in [0.3, 0.4) is 0 Å². The number of nitriles is 1. The number of aromatic amines is 1. The van der Waals surface area contributed by atoms with Crippen molar-refractivity contribution in [2.24, 2.45) is 11.7 Å². The molecule has 1 aromatic heterocycles. The molecule has 1 heterocycles. The molecule has 2 aromatic carbocycles. The van der Waals surface area contributed by atoms with E-state index in [1.807, 2.05) is 44.2 Å². The predicted octanol–water partition coefficient (Wildman–Crippen LogP) is 3.01. The van der Waals surface area contributed by atoms with Crippen LogP contribution in [0.15, 0.2) is 54.7 Å². The molecule has 46 heavy (non-hydrogen) atoms. The Morgan fingerprint density at radius 2 is 1.52 bits per heavy atom. The molecule has 0 aliphatic carbocycles. The maximum absolute atomic E-state index is 13.8. The highest BCUT2D eigenvalue weighted by Crippen LogP contribution is 2.20. The molecule has 0 radical (unpaired) electrons. The van der Waals surface area contributed by atoms with E-state index in [-0.39, 0.29) is 18.8 Å². The minimum atomic E-state index is -1.41. The van der Waals surface area contributed by atoms with Gasteiger partial charge in [-0.3, -0.25) is 19.2 Å². The molecule has 7 N–H and O–H groups in total. The third-order valence-corrected chi connectivity index (χ3v) is 6.77. The van der Waals surface area contributed by atoms with Crippen LogP contribution in [0.4, 0.5) is 10.5 Å². The third kappa shape index (κ3) is 10.7. The molecule has 0 aliphatic rings. The van der Waals surface area contributed by atoms with E-state index in [0.29, 0.717) is 11.3 Å². The van der Waals surface area contributed by atoms with Gasteiger partial charge in [-0.2, -0.15) is 5.26 Å². The second-order valence-electron chi connectivity index (χ2n) is 12.4. The molecule has 13 heteroatoms. The van der Waals surface area contributed by atoms with Crippen LogP contribution in [-0.2, 0) is 30.3 Å². The van der Waals surface area contributed by atoms with E-state index in [0.717, 1.165) is 16.5 Å². The van der Waals surface area contributed by atoms with E-state index in [9.17, 15) is 24.0 Å². The SMILES string of the molecule is CC(C)C[C@H](NC(=O)[C@H](CC(N)=O)NC(=O)OC(C)(C)C)C(=O)N[C@@H](Cc1c[nH]c2ccccc12)C(=O)Nc1ccc(C#N)cc1. The lowest BCUT2D eigenvalue weighted by atomic mass is 10.00. The topological polar surface area (TPSA) is 208 Å². The zero-order valence-electron chi connectivity index (χ0n) is 26.6. The fourth-order valence-electron chi connectivity index (χ4n) is 4.69. The molecular weight excluding hydrogens is 590 g/mol. The fraction of sp³-hybridized carbons (Fsp3) is 0.394. The van der Waals surface area contributed by atoms with Crippen LogP contribution in [-0.4, -0.2) is 58.4 Å². The largest absolute Gasteiger partial charge is 0.444 e. The van der Waals surface area contributed by atoms with Gasteiger partial charge in [0.1, 0.15) is 23.7 Å². The number of nitrogens with two attached hydrogens (primary N) is 1. The summed E-state index contributed by atoms with van der Waals surface area (Å²) in [5, 5.41) is 20.5. The smallest absolute Gasteiger partial charge is 0.408 e. The summed E-state index contributed by atoms with van der Waals surface area (Å²) in [7, 11) is 0. The van der Waals surface area contributed by atoms with Gasteiger partial charge >= 0.3 is 6.09 Å². The van der Waals surface area contributed by atoms with Crippen LogP contribution < -0.4 is 27.0 Å². The molecule has 0 bridgehead atoms. The van der Waals surface area contributed by atoms with Crippen LogP contribution in [0.25, 0.3) is 10.9 Å². The summed E-state index contributed by atoms with van der Waals surface area (Å²) < 4.78 is 5.21. The molecule has 244 valence electrons. The van der Waals surface area contributed by atoms with E-state index in [1.54, 1.807) is 51.2 Å². The van der Waals surface area contributed by atoms with Gasteiger partial charge in [0.2, 0.25) is 23.6 Å². The summed E-state index contributed by atoms with van der Waals surface area (Å²) >= 11 is 0. The van der Waals surface area contributed by atoms with E-state index < -0.39 is 59.9 Å². The van der Waals surface area contributed by atoms with Gasteiger partial charge < -0.3 is 36.7 Å². The number of amides is 5. The van der Waals surface area contributed by atoms with Gasteiger partial charge in [-0.25, -0.2) is 4.79 Å². The number of nitrogens with one attached hydrogen (secondary N) is 5. The van der Waals surface area contributed by atoms with E-state index in [4.69, 9.17) is 15.7 Å². The number of nitrogens with zero attached hydrogens (tertiary/aromatic N) is 1. The molecule has 13 nitrogen and oxygen atoms in total. The molecule has 0 spiro atoms. The Balaban J connectivity index is 1.85. The van der Waals surface area contributed by atoms with Gasteiger partial charge in [-0.05, 0) is 69.0 Å². The van der Waals surface area contributed by atoms with Crippen LogP contribution in [0.5, 0.6) is 0 Å². The standard InChI is InChI=1S/C33H41N7O6/c1-19(2)14-25(38-31(44)27(16-28(35)41)40-32(45)46-33(3,4)5)30(43)39-26(15-21-18-36-24-9-7-6-8-23(21)24)29(42)37-22-12-10-20(17-34)11-13-22/h6-13,18-19,25-27,36H,14-16H2,1-5H3,(H2,35,41)(H,37,42)(H,38,44)(H,39,43)(H,40,45)/t25-,26-,27-/m0/s1. The van der Waals surface area contributed by atoms with Gasteiger partial charge in [0, 0.05) is 29.2 Å². The van der Waals surface area contributed by atoms with Crippen molar-refractivity contribution in [2.75, 3.05) is 5.32 Å². The number of hydrogen-bond acceptors (Lipinski definition) is 7. The maximum atomic E-state index is 13.8. The second-order valence-corrected chi connectivity index (χ2v) is 12.4. The second kappa shape index (κ2) is 15.6. The molecule has 3 aromatic rings. The number of primary amides is 1. The lowest BCUT2D eigenvalue weighted by Gasteiger charge is -2.27. The van der Waals surface area contributed by atoms with Crippen molar-refractivity contribution < 1.29 is 28.7 Å². The summed E-state index contributed by atoms with van der Waals surface area (Å²) in [4.78, 5) is 68.0. The Bertz CT molecular complexity index is 1600. The first-order valence-corrected chi connectivity index (χ1v) is 14.9. The molecule has 0 fully saturated rings. The number of carbonyl (C=O) groups excluding carboxylic acids is 5. The maximum Gasteiger partial charge on any atom is 0.408 e. The minimum absolute atomic E-state index is 0.0657. The number of aromatic nitrogens is 1. The molecule has 3 rings (SSSR count). The van der Waals surface area contributed by atoms with E-state index >= 15 is 0 Å². The van der Waals surface area contributed by atoms with Crippen molar-refractivity contribution in [3.05, 3.63) is 65.9 Å². The molecule has 0 saturated carbocycles. The van der Waals surface area contributed by atoms with Crippen molar-refractivity contribution in [2.45, 2.75) is 77.6 Å². The number of ether oxygens (including phenoxy) is 1. The highest BCUT2D eigenvalue weighted by Gasteiger charge is 2.32. The van der Waals surface area contributed by atoms with Crippen LogP contribution in [0.1, 0.15) is 58.6 Å². The number of hydrogen-bond donors (Lipinski definition) is 6. The van der Waals surface area contributed by atoms with Gasteiger partial charge in [0.05, 0.1) is 18.1 Å². The van der Waals surface area contributed by atoms with Crippen LogP contribution in [0.2, 0.25) is 0 Å². The van der Waals surface area contributed by atoms with Crippen molar-refractivity contribution in [3.63, 3.8) is 0 Å². The first-order valence-electron chi connectivity index (χ1n) is 14.9. The van der Waals surface area contributed by atoms with E-state index in [2.05, 4.69) is 26.3 Å². The number of alkyl carbamates (subject to hydrolysis) is 1. The molecule has 0 unspecified atom stereocenters. The predicted molar refractivity (Wildman–Crippen MR) is 172 cm³/mol. The van der Waals surface area contributed by atoms with Gasteiger partial charge in [0.25, 0.3) is 0 Å². The number of carbonyl (C=O) groups is 5. The lowest BCUT2D eigenvalue weighted by Crippen LogP contribution is -2.57. The average Bonchev–Trinajstić information content (AvgIpc) is 3.37. The Morgan fingerprint density at radius 3 is 2.13 bits per heavy atom. The number of rotatable bonds is 13. The number of anilines is 1.